The minimum atomic E-state index is -0.360. The summed E-state index contributed by atoms with van der Waals surface area (Å²) in [6, 6.07) is 14.2. The molecule has 1 heterocycles. The van der Waals surface area contributed by atoms with Crippen LogP contribution in [0, 0.1) is 5.92 Å². The minimum absolute atomic E-state index is 0.0648. The number of halogens is 1. The van der Waals surface area contributed by atoms with E-state index in [1.165, 1.54) is 0 Å². The lowest BCUT2D eigenvalue weighted by Crippen LogP contribution is -2.40. The number of fused-ring (bicyclic) bond motifs is 1. The topological polar surface area (TPSA) is 55.2 Å². The maximum absolute atomic E-state index is 13.6. The monoisotopic (exact) mass is 437 g/mol. The number of carbonyl (C=O) groups excluding carboxylic acids is 1. The van der Waals surface area contributed by atoms with Gasteiger partial charge in [-0.05, 0) is 50.5 Å². The second-order valence-electron chi connectivity index (χ2n) is 8.27. The Balaban J connectivity index is 1.90. The molecule has 3 aromatic rings. The van der Waals surface area contributed by atoms with Crippen molar-refractivity contribution in [1.82, 2.24) is 14.5 Å². The van der Waals surface area contributed by atoms with Crippen molar-refractivity contribution >= 4 is 28.4 Å². The number of benzene rings is 2. The number of para-hydroxylation sites is 2. The van der Waals surface area contributed by atoms with Crippen molar-refractivity contribution in [3.8, 4) is 5.69 Å². The Bertz CT molecular complexity index is 1150. The molecule has 0 saturated heterocycles. The van der Waals surface area contributed by atoms with Crippen molar-refractivity contribution < 1.29 is 4.79 Å². The van der Waals surface area contributed by atoms with E-state index in [9.17, 15) is 9.59 Å². The molecule has 0 N–H and O–H groups in total. The molecule has 1 aromatic heterocycles. The second kappa shape index (κ2) is 9.23. The predicted octanol–water partition coefficient (Wildman–Crippen LogP) is 5.53. The molecule has 1 saturated carbocycles. The number of amides is 1. The number of rotatable bonds is 6. The largest absolute Gasteiger partial charge is 0.333 e. The molecule has 1 atom stereocenters. The molecule has 0 radical (unpaired) electrons. The first kappa shape index (κ1) is 21.6. The summed E-state index contributed by atoms with van der Waals surface area (Å²) in [7, 11) is 0. The highest BCUT2D eigenvalue weighted by atomic mass is 35.5. The lowest BCUT2D eigenvalue weighted by Gasteiger charge is -2.32. The smallest absolute Gasteiger partial charge is 0.266 e. The van der Waals surface area contributed by atoms with Crippen molar-refractivity contribution in [2.75, 3.05) is 6.54 Å². The van der Waals surface area contributed by atoms with Gasteiger partial charge in [0.1, 0.15) is 5.82 Å². The van der Waals surface area contributed by atoms with E-state index in [0.29, 0.717) is 34.0 Å². The average molecular weight is 438 g/mol. The number of hydrogen-bond donors (Lipinski definition) is 0. The van der Waals surface area contributed by atoms with Crippen LogP contribution in [0.4, 0.5) is 0 Å². The molecule has 0 spiro atoms. The van der Waals surface area contributed by atoms with Gasteiger partial charge in [-0.3, -0.25) is 14.2 Å². The summed E-state index contributed by atoms with van der Waals surface area (Å²) in [4.78, 5) is 33.8. The Morgan fingerprint density at radius 1 is 1.16 bits per heavy atom. The van der Waals surface area contributed by atoms with Crippen LogP contribution in [0.3, 0.4) is 0 Å². The zero-order valence-corrected chi connectivity index (χ0v) is 18.8. The Morgan fingerprint density at radius 2 is 1.84 bits per heavy atom. The lowest BCUT2D eigenvalue weighted by molar-refractivity contribution is -0.137. The van der Waals surface area contributed by atoms with E-state index < -0.39 is 0 Å². The highest BCUT2D eigenvalue weighted by molar-refractivity contribution is 6.32. The Kier molecular flexibility index (Phi) is 6.42. The van der Waals surface area contributed by atoms with Crippen LogP contribution in [0.15, 0.2) is 53.3 Å². The maximum atomic E-state index is 13.6. The van der Waals surface area contributed by atoms with Crippen LogP contribution in [-0.2, 0) is 4.79 Å². The van der Waals surface area contributed by atoms with Gasteiger partial charge < -0.3 is 4.90 Å². The van der Waals surface area contributed by atoms with Crippen LogP contribution in [0.1, 0.15) is 57.8 Å². The molecule has 162 valence electrons. The fourth-order valence-corrected chi connectivity index (χ4v) is 4.80. The molecule has 31 heavy (non-hydrogen) atoms. The van der Waals surface area contributed by atoms with Crippen LogP contribution < -0.4 is 5.56 Å². The van der Waals surface area contributed by atoms with E-state index in [2.05, 4.69) is 6.92 Å². The number of nitrogens with zero attached hydrogens (tertiary/aromatic N) is 3. The van der Waals surface area contributed by atoms with Gasteiger partial charge in [-0.15, -0.1) is 0 Å². The summed E-state index contributed by atoms with van der Waals surface area (Å²) in [6.45, 7) is 4.66. The molecule has 1 aliphatic carbocycles. The van der Waals surface area contributed by atoms with Gasteiger partial charge in [0.2, 0.25) is 5.91 Å². The zero-order chi connectivity index (χ0) is 22.0. The van der Waals surface area contributed by atoms with Crippen LogP contribution >= 0.6 is 11.6 Å². The maximum Gasteiger partial charge on any atom is 0.266 e. The van der Waals surface area contributed by atoms with Gasteiger partial charge >= 0.3 is 0 Å². The van der Waals surface area contributed by atoms with E-state index in [1.54, 1.807) is 16.7 Å². The molecule has 1 aliphatic rings. The summed E-state index contributed by atoms with van der Waals surface area (Å²) >= 11 is 6.50. The fraction of sp³-hybridized carbons (Fsp3) is 0.400. The molecular formula is C25H28ClN3O2. The molecule has 0 bridgehead atoms. The van der Waals surface area contributed by atoms with E-state index in [1.807, 2.05) is 48.2 Å². The van der Waals surface area contributed by atoms with E-state index in [-0.39, 0.29) is 23.4 Å². The fourth-order valence-electron chi connectivity index (χ4n) is 4.58. The highest BCUT2D eigenvalue weighted by Gasteiger charge is 2.32. The van der Waals surface area contributed by atoms with Crippen molar-refractivity contribution in [2.24, 2.45) is 5.92 Å². The molecule has 6 heteroatoms. The van der Waals surface area contributed by atoms with Gasteiger partial charge in [-0.25, -0.2) is 4.98 Å². The number of aromatic nitrogens is 2. The van der Waals surface area contributed by atoms with Crippen LogP contribution in [0.25, 0.3) is 16.6 Å². The molecule has 5 nitrogen and oxygen atoms in total. The molecule has 1 unspecified atom stereocenters. The average Bonchev–Trinajstić information content (AvgIpc) is 3.32. The van der Waals surface area contributed by atoms with Crippen molar-refractivity contribution in [3.05, 3.63) is 69.7 Å². The van der Waals surface area contributed by atoms with Gasteiger partial charge in [0.25, 0.3) is 5.56 Å². The molecule has 0 aliphatic heterocycles. The molecule has 1 fully saturated rings. The van der Waals surface area contributed by atoms with E-state index in [4.69, 9.17) is 16.6 Å². The van der Waals surface area contributed by atoms with Crippen molar-refractivity contribution in [2.45, 2.75) is 52.0 Å². The van der Waals surface area contributed by atoms with Crippen LogP contribution in [-0.4, -0.2) is 26.9 Å². The number of carbonyl (C=O) groups is 1. The van der Waals surface area contributed by atoms with Crippen LogP contribution in [0.2, 0.25) is 5.02 Å². The summed E-state index contributed by atoms with van der Waals surface area (Å²) in [5.74, 6) is 0.770. The van der Waals surface area contributed by atoms with Gasteiger partial charge in [-0.2, -0.15) is 0 Å². The third kappa shape index (κ3) is 4.11. The quantitative estimate of drug-likeness (QED) is 0.509. The molecule has 2 aromatic carbocycles. The second-order valence-corrected chi connectivity index (χ2v) is 8.68. The Labute approximate surface area is 187 Å². The first-order valence-electron chi connectivity index (χ1n) is 11.1. The first-order chi connectivity index (χ1) is 15.0. The van der Waals surface area contributed by atoms with E-state index >= 15 is 0 Å². The number of hydrogen-bond acceptors (Lipinski definition) is 3. The summed E-state index contributed by atoms with van der Waals surface area (Å²) in [5, 5.41) is 1.00. The zero-order valence-electron chi connectivity index (χ0n) is 18.1. The lowest BCUT2D eigenvalue weighted by atomic mass is 10.0. The standard InChI is InChI=1S/C25H28ClN3O2/c1-3-16-28(24(30)18-10-4-5-11-18)17(2)23-27-21-14-8-6-12-19(21)25(31)29(23)22-15-9-7-13-20(22)26/h6-9,12-15,17-18H,3-5,10-11,16H2,1-2H3. The summed E-state index contributed by atoms with van der Waals surface area (Å²) in [5.41, 5.74) is 1.03. The van der Waals surface area contributed by atoms with Gasteiger partial charge in [0, 0.05) is 12.5 Å². The van der Waals surface area contributed by atoms with Gasteiger partial charge in [-0.1, -0.05) is 55.6 Å². The molecule has 4 rings (SSSR count). The molecular weight excluding hydrogens is 410 g/mol. The summed E-state index contributed by atoms with van der Waals surface area (Å²) < 4.78 is 1.58. The predicted molar refractivity (Wildman–Crippen MR) is 125 cm³/mol. The Morgan fingerprint density at radius 3 is 2.55 bits per heavy atom. The van der Waals surface area contributed by atoms with E-state index in [0.717, 1.165) is 32.1 Å². The minimum Gasteiger partial charge on any atom is -0.333 e. The summed E-state index contributed by atoms with van der Waals surface area (Å²) in [6.07, 6.45) is 4.92. The molecule has 1 amide bonds. The van der Waals surface area contributed by atoms with Crippen LogP contribution in [0.5, 0.6) is 0 Å². The van der Waals surface area contributed by atoms with Crippen molar-refractivity contribution in [3.63, 3.8) is 0 Å². The normalized spacial score (nSPS) is 15.3. The first-order valence-corrected chi connectivity index (χ1v) is 11.5. The highest BCUT2D eigenvalue weighted by Crippen LogP contribution is 2.31. The third-order valence-electron chi connectivity index (χ3n) is 6.19. The van der Waals surface area contributed by atoms with Crippen molar-refractivity contribution in [1.29, 1.82) is 0 Å². The van der Waals surface area contributed by atoms with Gasteiger partial charge in [0.15, 0.2) is 0 Å². The Hall–Kier alpha value is -2.66. The third-order valence-corrected chi connectivity index (χ3v) is 6.51. The SMILES string of the molecule is CCCN(C(=O)C1CCCC1)C(C)c1nc2ccccc2c(=O)n1-c1ccccc1Cl. The van der Waals surface area contributed by atoms with Gasteiger partial charge in [0.05, 0.1) is 27.7 Å².